The Bertz CT molecular complexity index is 1360. The van der Waals surface area contributed by atoms with Gasteiger partial charge in [-0.05, 0) is 30.3 Å². The van der Waals surface area contributed by atoms with Crippen LogP contribution in [0.4, 0.5) is 21.8 Å². The molecule has 35 heavy (non-hydrogen) atoms. The lowest BCUT2D eigenvalue weighted by atomic mass is 9.94. The van der Waals surface area contributed by atoms with E-state index < -0.39 is 0 Å². The summed E-state index contributed by atoms with van der Waals surface area (Å²) in [4.78, 5) is 18.0. The number of anilines is 3. The van der Waals surface area contributed by atoms with Gasteiger partial charge in [-0.15, -0.1) is 0 Å². The van der Waals surface area contributed by atoms with Crippen LogP contribution in [0, 0.1) is 5.82 Å². The Morgan fingerprint density at radius 2 is 1.86 bits per heavy atom. The molecular formula is C26H26FN7O. The van der Waals surface area contributed by atoms with Crippen molar-refractivity contribution in [3.05, 3.63) is 59.4 Å². The number of hydrogen-bond donors (Lipinski definition) is 2. The summed E-state index contributed by atoms with van der Waals surface area (Å²) in [6.45, 7) is 4.75. The van der Waals surface area contributed by atoms with Crippen molar-refractivity contribution in [1.82, 2.24) is 15.3 Å². The van der Waals surface area contributed by atoms with E-state index in [2.05, 4.69) is 20.2 Å². The van der Waals surface area contributed by atoms with Gasteiger partial charge in [0.05, 0.1) is 19.3 Å². The summed E-state index contributed by atoms with van der Waals surface area (Å²) in [6.07, 6.45) is 1.98. The Kier molecular flexibility index (Phi) is 5.33. The average molecular weight is 472 g/mol. The number of methoxy groups -OCH3 is 1. The summed E-state index contributed by atoms with van der Waals surface area (Å²) in [5.74, 6) is 1.95. The number of ether oxygens (including phenoxy) is 1. The largest absolute Gasteiger partial charge is 0.496 e. The highest BCUT2D eigenvalue weighted by molar-refractivity contribution is 6.36. The predicted octanol–water partition coefficient (Wildman–Crippen LogP) is 3.06. The van der Waals surface area contributed by atoms with Gasteiger partial charge in [-0.1, -0.05) is 18.2 Å². The van der Waals surface area contributed by atoms with Crippen molar-refractivity contribution in [2.24, 2.45) is 4.99 Å². The molecule has 3 aliphatic heterocycles. The van der Waals surface area contributed by atoms with E-state index in [4.69, 9.17) is 15.5 Å². The SMILES string of the molecule is COc1ccccc1C1=Cc2c(-c3ccc(N4CCNCC4)cc3F)nc(N)nc2N2CCN=C12. The second-order valence-corrected chi connectivity index (χ2v) is 8.68. The van der Waals surface area contributed by atoms with Crippen LogP contribution in [0.5, 0.6) is 5.75 Å². The maximum atomic E-state index is 15.6. The van der Waals surface area contributed by atoms with Crippen LogP contribution in [0.25, 0.3) is 22.9 Å². The Hall–Kier alpha value is -3.98. The minimum Gasteiger partial charge on any atom is -0.496 e. The second-order valence-electron chi connectivity index (χ2n) is 8.68. The third kappa shape index (κ3) is 3.68. The first-order chi connectivity index (χ1) is 17.1. The number of benzene rings is 2. The molecule has 4 heterocycles. The van der Waals surface area contributed by atoms with Crippen molar-refractivity contribution in [2.45, 2.75) is 0 Å². The summed E-state index contributed by atoms with van der Waals surface area (Å²) >= 11 is 0. The number of piperazine rings is 1. The smallest absolute Gasteiger partial charge is 0.222 e. The maximum absolute atomic E-state index is 15.6. The number of nitrogen functional groups attached to an aromatic ring is 1. The van der Waals surface area contributed by atoms with Crippen molar-refractivity contribution < 1.29 is 9.13 Å². The molecule has 8 nitrogen and oxygen atoms in total. The van der Waals surface area contributed by atoms with Gasteiger partial charge in [0.25, 0.3) is 0 Å². The van der Waals surface area contributed by atoms with Crippen molar-refractivity contribution in [3.63, 3.8) is 0 Å². The highest BCUT2D eigenvalue weighted by Gasteiger charge is 2.33. The molecule has 1 saturated heterocycles. The summed E-state index contributed by atoms with van der Waals surface area (Å²) in [7, 11) is 1.65. The van der Waals surface area contributed by atoms with E-state index in [0.717, 1.165) is 60.2 Å². The molecule has 2 aromatic carbocycles. The molecule has 0 radical (unpaired) electrons. The molecular weight excluding hydrogens is 445 g/mol. The molecule has 1 fully saturated rings. The number of hydrogen-bond acceptors (Lipinski definition) is 8. The van der Waals surface area contributed by atoms with Crippen LogP contribution < -0.4 is 25.6 Å². The lowest BCUT2D eigenvalue weighted by molar-refractivity contribution is 0.413. The van der Waals surface area contributed by atoms with E-state index >= 15 is 4.39 Å². The van der Waals surface area contributed by atoms with Gasteiger partial charge in [0.1, 0.15) is 23.2 Å². The Balaban J connectivity index is 1.51. The molecule has 178 valence electrons. The fourth-order valence-electron chi connectivity index (χ4n) is 4.99. The molecule has 0 atom stereocenters. The molecule has 3 N–H and O–H groups in total. The quantitative estimate of drug-likeness (QED) is 0.604. The topological polar surface area (TPSA) is 91.9 Å². The molecule has 6 rings (SSSR count). The van der Waals surface area contributed by atoms with Gasteiger partial charge in [-0.2, -0.15) is 4.98 Å². The first kappa shape index (κ1) is 21.5. The number of amidine groups is 1. The number of aliphatic imine (C=N–C) groups is 1. The van der Waals surface area contributed by atoms with E-state index in [1.807, 2.05) is 41.3 Å². The molecule has 0 unspecified atom stereocenters. The van der Waals surface area contributed by atoms with Gasteiger partial charge in [-0.3, -0.25) is 4.99 Å². The minimum atomic E-state index is -0.338. The van der Waals surface area contributed by atoms with Crippen LogP contribution in [0.2, 0.25) is 0 Å². The van der Waals surface area contributed by atoms with Crippen molar-refractivity contribution in [1.29, 1.82) is 0 Å². The van der Waals surface area contributed by atoms with Crippen LogP contribution in [-0.4, -0.2) is 62.2 Å². The molecule has 9 heteroatoms. The Morgan fingerprint density at radius 1 is 1.03 bits per heavy atom. The zero-order chi connectivity index (χ0) is 23.9. The predicted molar refractivity (Wildman–Crippen MR) is 137 cm³/mol. The third-order valence-electron chi connectivity index (χ3n) is 6.66. The van der Waals surface area contributed by atoms with Gasteiger partial charge in [0.15, 0.2) is 0 Å². The van der Waals surface area contributed by atoms with Gasteiger partial charge in [-0.25, -0.2) is 9.37 Å². The highest BCUT2D eigenvalue weighted by Crippen LogP contribution is 2.42. The molecule has 0 spiro atoms. The number of nitrogens with two attached hydrogens (primary N) is 1. The van der Waals surface area contributed by atoms with Gasteiger partial charge >= 0.3 is 0 Å². The van der Waals surface area contributed by atoms with Crippen LogP contribution in [0.15, 0.2) is 47.5 Å². The number of fused-ring (bicyclic) bond motifs is 3. The standard InChI is InChI=1S/C26H26FN7O/c1-35-22-5-3-2-4-17(22)19-15-20-23(31-26(28)32-25(20)34-13-10-30-24(19)34)18-7-6-16(14-21(18)27)33-11-8-29-9-12-33/h2-7,14-15,29H,8-13H2,1H3,(H2,28,31,32). The fourth-order valence-corrected chi connectivity index (χ4v) is 4.99. The molecule has 0 bridgehead atoms. The minimum absolute atomic E-state index is 0.102. The third-order valence-corrected chi connectivity index (χ3v) is 6.66. The molecule has 3 aliphatic rings. The number of halogens is 1. The Labute approximate surface area is 203 Å². The first-order valence-electron chi connectivity index (χ1n) is 11.7. The number of aromatic nitrogens is 2. The highest BCUT2D eigenvalue weighted by atomic mass is 19.1. The lowest BCUT2D eigenvalue weighted by Gasteiger charge is -2.30. The number of para-hydroxylation sites is 1. The van der Waals surface area contributed by atoms with Crippen LogP contribution in [0.1, 0.15) is 11.1 Å². The summed E-state index contributed by atoms with van der Waals surface area (Å²) in [5.41, 5.74) is 10.4. The normalized spacial score (nSPS) is 17.0. The lowest BCUT2D eigenvalue weighted by Crippen LogP contribution is -2.43. The number of nitrogens with one attached hydrogen (secondary N) is 1. The zero-order valence-electron chi connectivity index (χ0n) is 19.5. The van der Waals surface area contributed by atoms with Crippen LogP contribution in [0.3, 0.4) is 0 Å². The van der Waals surface area contributed by atoms with E-state index in [9.17, 15) is 0 Å². The van der Waals surface area contributed by atoms with E-state index in [-0.39, 0.29) is 11.8 Å². The van der Waals surface area contributed by atoms with E-state index in [1.165, 1.54) is 0 Å². The van der Waals surface area contributed by atoms with E-state index in [0.29, 0.717) is 30.2 Å². The maximum Gasteiger partial charge on any atom is 0.222 e. The number of nitrogens with zero attached hydrogens (tertiary/aromatic N) is 5. The monoisotopic (exact) mass is 471 g/mol. The van der Waals surface area contributed by atoms with Crippen molar-refractivity contribution in [3.8, 4) is 17.0 Å². The van der Waals surface area contributed by atoms with Crippen molar-refractivity contribution >= 4 is 34.9 Å². The Morgan fingerprint density at radius 3 is 2.66 bits per heavy atom. The van der Waals surface area contributed by atoms with Gasteiger partial charge in [0, 0.05) is 60.7 Å². The average Bonchev–Trinajstić information content (AvgIpc) is 3.39. The van der Waals surface area contributed by atoms with Crippen LogP contribution in [-0.2, 0) is 0 Å². The van der Waals surface area contributed by atoms with Gasteiger partial charge < -0.3 is 25.6 Å². The summed E-state index contributed by atoms with van der Waals surface area (Å²) in [5, 5.41) is 3.32. The molecule has 0 saturated carbocycles. The molecule has 3 aromatic rings. The summed E-state index contributed by atoms with van der Waals surface area (Å²) in [6, 6.07) is 13.1. The number of rotatable bonds is 4. The van der Waals surface area contributed by atoms with E-state index in [1.54, 1.807) is 19.2 Å². The fraction of sp³-hybridized carbons (Fsp3) is 0.269. The van der Waals surface area contributed by atoms with Gasteiger partial charge in [0.2, 0.25) is 5.95 Å². The molecule has 1 aromatic heterocycles. The molecule has 0 aliphatic carbocycles. The summed E-state index contributed by atoms with van der Waals surface area (Å²) < 4.78 is 21.2. The van der Waals surface area contributed by atoms with Crippen molar-refractivity contribution in [2.75, 3.05) is 61.9 Å². The first-order valence-corrected chi connectivity index (χ1v) is 11.7. The molecule has 0 amide bonds. The second kappa shape index (κ2) is 8.66. The van der Waals surface area contributed by atoms with Crippen LogP contribution >= 0.6 is 0 Å². The zero-order valence-corrected chi connectivity index (χ0v) is 19.5.